The van der Waals surface area contributed by atoms with Crippen LogP contribution in [-0.4, -0.2) is 4.99 Å². The zero-order valence-electron chi connectivity index (χ0n) is 6.40. The predicted octanol–water partition coefficient (Wildman–Crippen LogP) is 2.10. The van der Waals surface area contributed by atoms with Gasteiger partial charge in [0.25, 0.3) is 0 Å². The van der Waals surface area contributed by atoms with Crippen LogP contribution in [0.5, 0.6) is 0 Å². The van der Waals surface area contributed by atoms with E-state index >= 15 is 0 Å². The van der Waals surface area contributed by atoms with E-state index in [0.717, 1.165) is 12.8 Å². The van der Waals surface area contributed by atoms with Crippen LogP contribution in [0.3, 0.4) is 0 Å². The van der Waals surface area contributed by atoms with E-state index in [-0.39, 0.29) is 5.41 Å². The fourth-order valence-corrected chi connectivity index (χ4v) is 0.850. The predicted molar refractivity (Wildman–Crippen MR) is 45.5 cm³/mol. The molecule has 0 fully saturated rings. The third-order valence-corrected chi connectivity index (χ3v) is 2.09. The van der Waals surface area contributed by atoms with E-state index < -0.39 is 0 Å². The van der Waals surface area contributed by atoms with Crippen molar-refractivity contribution in [2.75, 3.05) is 0 Å². The van der Waals surface area contributed by atoms with Gasteiger partial charge in [-0.2, -0.15) is 0 Å². The van der Waals surface area contributed by atoms with Crippen LogP contribution < -0.4 is 5.73 Å². The molecule has 0 aromatic rings. The molecule has 2 N–H and O–H groups in total. The van der Waals surface area contributed by atoms with E-state index in [2.05, 4.69) is 20.8 Å². The molecule has 0 radical (unpaired) electrons. The first kappa shape index (κ1) is 8.89. The maximum Gasteiger partial charge on any atom is 0.0784 e. The largest absolute Gasteiger partial charge is 0.393 e. The van der Waals surface area contributed by atoms with Gasteiger partial charge in [-0.15, -0.1) is 0 Å². The Balaban J connectivity index is 3.85. The monoisotopic (exact) mass is 145 g/mol. The number of rotatable bonds is 3. The van der Waals surface area contributed by atoms with E-state index in [1.807, 2.05) is 0 Å². The van der Waals surface area contributed by atoms with Gasteiger partial charge < -0.3 is 5.73 Å². The molecule has 0 bridgehead atoms. The summed E-state index contributed by atoms with van der Waals surface area (Å²) in [5, 5.41) is 0. The van der Waals surface area contributed by atoms with Crippen molar-refractivity contribution < 1.29 is 0 Å². The maximum absolute atomic E-state index is 5.49. The molecule has 0 saturated heterocycles. The Labute approximate surface area is 62.6 Å². The highest BCUT2D eigenvalue weighted by Gasteiger charge is 2.18. The van der Waals surface area contributed by atoms with Crippen LogP contribution in [0.2, 0.25) is 0 Å². The Bertz CT molecular complexity index is 107. The summed E-state index contributed by atoms with van der Waals surface area (Å²) in [6, 6.07) is 0. The Morgan fingerprint density at radius 2 is 2.00 bits per heavy atom. The summed E-state index contributed by atoms with van der Waals surface area (Å²) in [6.45, 7) is 6.30. The topological polar surface area (TPSA) is 26.0 Å². The van der Waals surface area contributed by atoms with Crippen LogP contribution in [0.25, 0.3) is 0 Å². The van der Waals surface area contributed by atoms with Gasteiger partial charge >= 0.3 is 0 Å². The second kappa shape index (κ2) is 3.16. The highest BCUT2D eigenvalue weighted by Crippen LogP contribution is 2.21. The fraction of sp³-hybridized carbons (Fsp3) is 0.857. The molecule has 54 valence electrons. The first-order valence-electron chi connectivity index (χ1n) is 3.30. The number of thiocarbonyl (C=S) groups is 1. The number of hydrogen-bond acceptors (Lipinski definition) is 1. The quantitative estimate of drug-likeness (QED) is 0.615. The van der Waals surface area contributed by atoms with Crippen molar-refractivity contribution in [3.63, 3.8) is 0 Å². The van der Waals surface area contributed by atoms with Gasteiger partial charge in [-0.1, -0.05) is 39.4 Å². The van der Waals surface area contributed by atoms with Crippen molar-refractivity contribution in [3.05, 3.63) is 0 Å². The molecule has 0 aromatic heterocycles. The van der Waals surface area contributed by atoms with Crippen LogP contribution in [-0.2, 0) is 0 Å². The highest BCUT2D eigenvalue weighted by atomic mass is 32.1. The van der Waals surface area contributed by atoms with E-state index in [9.17, 15) is 0 Å². The first-order valence-corrected chi connectivity index (χ1v) is 3.71. The van der Waals surface area contributed by atoms with Gasteiger partial charge in [0.1, 0.15) is 0 Å². The average molecular weight is 145 g/mol. The standard InChI is InChI=1S/C7H15NS/c1-4-5-7(2,3)6(8)9/h4-5H2,1-3H3,(H2,8,9). The van der Waals surface area contributed by atoms with Gasteiger partial charge in [-0.05, 0) is 6.42 Å². The molecule has 2 heteroatoms. The summed E-state index contributed by atoms with van der Waals surface area (Å²) in [7, 11) is 0. The van der Waals surface area contributed by atoms with E-state index in [0.29, 0.717) is 4.99 Å². The van der Waals surface area contributed by atoms with Crippen molar-refractivity contribution in [1.82, 2.24) is 0 Å². The van der Waals surface area contributed by atoms with Crippen molar-refractivity contribution in [3.8, 4) is 0 Å². The molecule has 1 nitrogen and oxygen atoms in total. The molecule has 0 aliphatic heterocycles. The molecule has 0 heterocycles. The van der Waals surface area contributed by atoms with Crippen molar-refractivity contribution in [1.29, 1.82) is 0 Å². The minimum Gasteiger partial charge on any atom is -0.393 e. The lowest BCUT2D eigenvalue weighted by molar-refractivity contribution is 0.472. The molecule has 0 aliphatic rings. The smallest absolute Gasteiger partial charge is 0.0784 e. The molecule has 0 spiro atoms. The zero-order chi connectivity index (χ0) is 7.49. The Morgan fingerprint density at radius 1 is 1.56 bits per heavy atom. The van der Waals surface area contributed by atoms with Gasteiger partial charge in [-0.25, -0.2) is 0 Å². The summed E-state index contributed by atoms with van der Waals surface area (Å²) in [5.74, 6) is 0. The van der Waals surface area contributed by atoms with Crippen LogP contribution in [0.1, 0.15) is 33.6 Å². The lowest BCUT2D eigenvalue weighted by atomic mass is 9.88. The van der Waals surface area contributed by atoms with Crippen molar-refractivity contribution >= 4 is 17.2 Å². The van der Waals surface area contributed by atoms with Gasteiger partial charge in [0.15, 0.2) is 0 Å². The van der Waals surface area contributed by atoms with Gasteiger partial charge in [-0.3, -0.25) is 0 Å². The third-order valence-electron chi connectivity index (χ3n) is 1.54. The Morgan fingerprint density at radius 3 is 2.11 bits per heavy atom. The van der Waals surface area contributed by atoms with Crippen molar-refractivity contribution in [2.24, 2.45) is 11.1 Å². The fourth-order valence-electron chi connectivity index (χ4n) is 0.748. The van der Waals surface area contributed by atoms with Crippen molar-refractivity contribution in [2.45, 2.75) is 33.6 Å². The van der Waals surface area contributed by atoms with E-state index in [4.69, 9.17) is 18.0 Å². The SMILES string of the molecule is CCCC(C)(C)C(N)=S. The van der Waals surface area contributed by atoms with Crippen LogP contribution >= 0.6 is 12.2 Å². The third kappa shape index (κ3) is 2.80. The molecular weight excluding hydrogens is 130 g/mol. The van der Waals surface area contributed by atoms with E-state index in [1.165, 1.54) is 0 Å². The second-order valence-corrected chi connectivity index (χ2v) is 3.44. The molecule has 0 rings (SSSR count). The molecule has 0 saturated carbocycles. The van der Waals surface area contributed by atoms with Crippen LogP contribution in [0.4, 0.5) is 0 Å². The maximum atomic E-state index is 5.49. The van der Waals surface area contributed by atoms with Gasteiger partial charge in [0.05, 0.1) is 4.99 Å². The lowest BCUT2D eigenvalue weighted by Gasteiger charge is -2.21. The normalized spacial score (nSPS) is 11.4. The summed E-state index contributed by atoms with van der Waals surface area (Å²) < 4.78 is 0. The minimum absolute atomic E-state index is 0.0596. The molecular formula is C7H15NS. The number of nitrogens with two attached hydrogens (primary N) is 1. The molecule has 0 amide bonds. The molecule has 0 unspecified atom stereocenters. The zero-order valence-corrected chi connectivity index (χ0v) is 7.22. The number of hydrogen-bond donors (Lipinski definition) is 1. The summed E-state index contributed by atoms with van der Waals surface area (Å²) >= 11 is 4.87. The molecule has 9 heavy (non-hydrogen) atoms. The summed E-state index contributed by atoms with van der Waals surface area (Å²) in [4.78, 5) is 0.629. The molecule has 0 aliphatic carbocycles. The van der Waals surface area contributed by atoms with E-state index in [1.54, 1.807) is 0 Å². The second-order valence-electron chi connectivity index (χ2n) is 3.00. The highest BCUT2D eigenvalue weighted by molar-refractivity contribution is 7.80. The lowest BCUT2D eigenvalue weighted by Crippen LogP contribution is -2.29. The minimum atomic E-state index is 0.0596. The summed E-state index contributed by atoms with van der Waals surface area (Å²) in [5.41, 5.74) is 5.55. The molecule has 0 aromatic carbocycles. The van der Waals surface area contributed by atoms with Gasteiger partial charge in [0, 0.05) is 5.41 Å². The Kier molecular flexibility index (Phi) is 3.12. The Hall–Kier alpha value is -0.110. The average Bonchev–Trinajstić information content (AvgIpc) is 1.65. The molecule has 0 atom stereocenters. The van der Waals surface area contributed by atoms with Crippen LogP contribution in [0.15, 0.2) is 0 Å². The summed E-state index contributed by atoms with van der Waals surface area (Å²) in [6.07, 6.45) is 2.23. The first-order chi connectivity index (χ1) is 4.00. The van der Waals surface area contributed by atoms with Crippen LogP contribution in [0, 0.1) is 5.41 Å². The van der Waals surface area contributed by atoms with Gasteiger partial charge in [0.2, 0.25) is 0 Å².